The summed E-state index contributed by atoms with van der Waals surface area (Å²) in [4.78, 5) is 15.2. The molecule has 12 rings (SSSR count). The van der Waals surface area contributed by atoms with Gasteiger partial charge in [-0.25, -0.2) is 15.0 Å². The number of hydrogen-bond acceptors (Lipinski definition) is 5. The number of nitrogens with zero attached hydrogens (tertiary/aromatic N) is 3. The van der Waals surface area contributed by atoms with Crippen LogP contribution in [0.5, 0.6) is 0 Å². The number of aromatic nitrogens is 3. The molecule has 9 aromatic carbocycles. The normalized spacial score (nSPS) is 13.8. The Kier molecular flexibility index (Phi) is 6.31. The Morgan fingerprint density at radius 1 is 0.350 bits per heavy atom. The molecular weight excluding hydrogens is 767 g/mol. The molecule has 0 aliphatic carbocycles. The first-order valence-electron chi connectivity index (χ1n) is 23.9. The zero-order chi connectivity index (χ0) is 47.4. The van der Waals surface area contributed by atoms with E-state index in [1.807, 2.05) is 60.7 Å². The highest BCUT2D eigenvalue weighted by atomic mass is 32.1. The Morgan fingerprint density at radius 3 is 1.78 bits per heavy atom. The van der Waals surface area contributed by atoms with E-state index < -0.39 is 24.2 Å². The number of thiophene rings is 2. The van der Waals surface area contributed by atoms with Crippen LogP contribution in [0, 0.1) is 0 Å². The van der Waals surface area contributed by atoms with Gasteiger partial charge in [0.25, 0.3) is 0 Å². The Balaban J connectivity index is 1.02. The van der Waals surface area contributed by atoms with Crippen molar-refractivity contribution >= 4 is 73.8 Å². The van der Waals surface area contributed by atoms with Crippen molar-refractivity contribution in [2.75, 3.05) is 0 Å². The van der Waals surface area contributed by atoms with Crippen LogP contribution in [-0.4, -0.2) is 15.0 Å². The fraction of sp³-hybridized carbons (Fsp3) is 0. The van der Waals surface area contributed by atoms with Crippen molar-refractivity contribution in [1.29, 1.82) is 0 Å². The summed E-state index contributed by atoms with van der Waals surface area (Å²) in [7, 11) is 0. The highest BCUT2D eigenvalue weighted by molar-refractivity contribution is 7.27. The number of hydrogen-bond donors (Lipinski definition) is 0. The van der Waals surface area contributed by atoms with Gasteiger partial charge in [0.05, 0.1) is 12.3 Å². The molecule has 280 valence electrons. The van der Waals surface area contributed by atoms with Crippen LogP contribution in [0.25, 0.3) is 119 Å². The van der Waals surface area contributed by atoms with Crippen molar-refractivity contribution in [3.63, 3.8) is 0 Å². The van der Waals surface area contributed by atoms with E-state index in [1.165, 1.54) is 15.6 Å². The number of rotatable bonds is 6. The van der Waals surface area contributed by atoms with Crippen molar-refractivity contribution in [3.8, 4) is 67.5 Å². The van der Waals surface area contributed by atoms with E-state index in [-0.39, 0.29) is 66.7 Å². The quantitative estimate of drug-likeness (QED) is 0.168. The minimum atomic E-state index is -0.507. The summed E-state index contributed by atoms with van der Waals surface area (Å²) in [5.41, 5.74) is 7.25. The molecule has 0 amide bonds. The predicted molar refractivity (Wildman–Crippen MR) is 256 cm³/mol. The largest absolute Gasteiger partial charge is 0.208 e. The van der Waals surface area contributed by atoms with Crippen molar-refractivity contribution < 1.29 is 12.3 Å². The average Bonchev–Trinajstić information content (AvgIpc) is 3.98. The lowest BCUT2D eigenvalue weighted by atomic mass is 10.0. The predicted octanol–water partition coefficient (Wildman–Crippen LogP) is 15.8. The number of benzene rings is 9. The molecule has 0 radical (unpaired) electrons. The molecular formula is C55H33N3S2. The molecule has 0 N–H and O–H groups in total. The molecule has 0 bridgehead atoms. The van der Waals surface area contributed by atoms with Gasteiger partial charge in [0, 0.05) is 57.0 Å². The summed E-state index contributed by atoms with van der Waals surface area (Å²) in [5, 5.41) is 2.53. The van der Waals surface area contributed by atoms with E-state index in [2.05, 4.69) is 66.7 Å². The molecule has 3 heterocycles. The second-order valence-corrected chi connectivity index (χ2v) is 16.5. The summed E-state index contributed by atoms with van der Waals surface area (Å²) in [5.74, 6) is 1.28. The molecule has 0 saturated heterocycles. The first kappa shape index (κ1) is 26.6. The molecule has 0 aliphatic heterocycles. The van der Waals surface area contributed by atoms with Crippen molar-refractivity contribution in [2.45, 2.75) is 0 Å². The third-order valence-electron chi connectivity index (χ3n) is 10.8. The van der Waals surface area contributed by atoms with Gasteiger partial charge in [0.15, 0.2) is 17.5 Å². The molecule has 3 aromatic heterocycles. The molecule has 3 nitrogen and oxygen atoms in total. The lowest BCUT2D eigenvalue weighted by Gasteiger charge is -2.10. The van der Waals surface area contributed by atoms with Gasteiger partial charge in [-0.05, 0) is 62.3 Å². The molecule has 0 saturated carbocycles. The van der Waals surface area contributed by atoms with Crippen LogP contribution in [0.4, 0.5) is 0 Å². The molecule has 0 aliphatic rings. The maximum Gasteiger partial charge on any atom is 0.164 e. The molecule has 0 spiro atoms. The summed E-state index contributed by atoms with van der Waals surface area (Å²) in [6, 6.07) is 45.4. The Bertz CT molecular complexity index is 4120. The van der Waals surface area contributed by atoms with Gasteiger partial charge in [0.1, 0.15) is 0 Å². The zero-order valence-corrected chi connectivity index (χ0v) is 33.1. The standard InChI is InChI=1S/C55H33N3S2/c1-3-11-34(12-4-1)35-21-23-38(24-22-35)53-56-54(58-55(57-53)42-27-29-45-47-20-10-19-44(36-13-5-2-6-14-36)51(47)60-50(45)33-42)41-17-9-16-39(31-41)40-26-28-46-48-30-25-37-15-7-8-18-43(37)52(48)59-49(46)32-40/h1-33H/i7D,8D,15D,18D,25D,26D,28D,30D,32D. The van der Waals surface area contributed by atoms with E-state index in [0.29, 0.717) is 28.6 Å². The number of fused-ring (bicyclic) bond motifs is 8. The summed E-state index contributed by atoms with van der Waals surface area (Å²) < 4.78 is 82.9. The van der Waals surface area contributed by atoms with Crippen LogP contribution in [0.15, 0.2) is 200 Å². The van der Waals surface area contributed by atoms with E-state index in [1.54, 1.807) is 29.5 Å². The van der Waals surface area contributed by atoms with Gasteiger partial charge in [-0.2, -0.15) is 0 Å². The van der Waals surface area contributed by atoms with E-state index >= 15 is 0 Å². The first-order valence-corrected chi connectivity index (χ1v) is 21.0. The minimum absolute atomic E-state index is 0.0617. The lowest BCUT2D eigenvalue weighted by Crippen LogP contribution is -2.00. The molecule has 0 unspecified atom stereocenters. The maximum atomic E-state index is 9.57. The Morgan fingerprint density at radius 2 is 0.967 bits per heavy atom. The lowest BCUT2D eigenvalue weighted by molar-refractivity contribution is 1.07. The Labute approximate surface area is 367 Å². The summed E-state index contributed by atoms with van der Waals surface area (Å²) in [6.45, 7) is 0. The average molecular weight is 809 g/mol. The van der Waals surface area contributed by atoms with Gasteiger partial charge in [0.2, 0.25) is 0 Å². The van der Waals surface area contributed by atoms with Crippen LogP contribution in [-0.2, 0) is 0 Å². The van der Waals surface area contributed by atoms with Crippen LogP contribution < -0.4 is 0 Å². The van der Waals surface area contributed by atoms with Crippen LogP contribution in [0.1, 0.15) is 12.3 Å². The second kappa shape index (κ2) is 14.2. The monoisotopic (exact) mass is 808 g/mol. The van der Waals surface area contributed by atoms with E-state index in [9.17, 15) is 4.11 Å². The molecule has 0 atom stereocenters. The van der Waals surface area contributed by atoms with Crippen molar-refractivity contribution in [1.82, 2.24) is 15.0 Å². The van der Waals surface area contributed by atoms with Crippen LogP contribution in [0.3, 0.4) is 0 Å². The van der Waals surface area contributed by atoms with Gasteiger partial charge >= 0.3 is 0 Å². The van der Waals surface area contributed by atoms with Gasteiger partial charge in [-0.3, -0.25) is 0 Å². The van der Waals surface area contributed by atoms with E-state index in [4.69, 9.17) is 23.2 Å². The van der Waals surface area contributed by atoms with Crippen LogP contribution in [0.2, 0.25) is 0 Å². The molecule has 12 aromatic rings. The van der Waals surface area contributed by atoms with Gasteiger partial charge in [-0.15, -0.1) is 22.7 Å². The van der Waals surface area contributed by atoms with Crippen molar-refractivity contribution in [3.05, 3.63) is 200 Å². The Hall–Kier alpha value is -7.31. The second-order valence-electron chi connectivity index (χ2n) is 14.5. The molecule has 0 fully saturated rings. The van der Waals surface area contributed by atoms with Crippen molar-refractivity contribution in [2.24, 2.45) is 0 Å². The topological polar surface area (TPSA) is 38.7 Å². The fourth-order valence-corrected chi connectivity index (χ4v) is 10.3. The summed E-state index contributed by atoms with van der Waals surface area (Å²) in [6.07, 6.45) is 0. The maximum absolute atomic E-state index is 9.57. The SMILES string of the molecule is [2H]c1c([2H])c([2H])c2c(c1[2H])c([2H])c([2H])c1c2sc2c([2H])c(-c3cccc(-c4nc(-c5ccc(-c6ccccc6)cc5)nc(-c5ccc6c(c5)sc5c(-c7ccccc7)cccc56)n4)c3)c([2H])c([2H])c21. The highest BCUT2D eigenvalue weighted by Gasteiger charge is 2.17. The fourth-order valence-electron chi connectivity index (χ4n) is 7.85. The highest BCUT2D eigenvalue weighted by Crippen LogP contribution is 2.43. The zero-order valence-electron chi connectivity index (χ0n) is 40.5. The van der Waals surface area contributed by atoms with Gasteiger partial charge in [-0.1, -0.05) is 182 Å². The third kappa shape index (κ3) is 5.98. The minimum Gasteiger partial charge on any atom is -0.208 e. The molecule has 5 heteroatoms. The summed E-state index contributed by atoms with van der Waals surface area (Å²) >= 11 is 2.76. The third-order valence-corrected chi connectivity index (χ3v) is 13.1. The van der Waals surface area contributed by atoms with Gasteiger partial charge < -0.3 is 0 Å². The van der Waals surface area contributed by atoms with E-state index in [0.717, 1.165) is 49.2 Å². The smallest absolute Gasteiger partial charge is 0.164 e. The molecule has 60 heavy (non-hydrogen) atoms. The van der Waals surface area contributed by atoms with Crippen LogP contribution >= 0.6 is 22.7 Å². The first-order chi connectivity index (χ1) is 33.5.